The van der Waals surface area contributed by atoms with Crippen LogP contribution in [0.2, 0.25) is 0 Å². The predicted octanol–water partition coefficient (Wildman–Crippen LogP) is 2.27. The van der Waals surface area contributed by atoms with E-state index in [4.69, 9.17) is 4.84 Å². The van der Waals surface area contributed by atoms with E-state index in [1.54, 1.807) is 14.0 Å². The molecule has 0 heterocycles. The topological polar surface area (TPSA) is 79.5 Å². The van der Waals surface area contributed by atoms with Gasteiger partial charge < -0.3 is 10.6 Å². The van der Waals surface area contributed by atoms with E-state index in [1.165, 1.54) is 5.56 Å². The summed E-state index contributed by atoms with van der Waals surface area (Å²) in [7, 11) is 1.57. The van der Waals surface area contributed by atoms with Crippen LogP contribution in [0.1, 0.15) is 43.2 Å². The van der Waals surface area contributed by atoms with Crippen LogP contribution in [0.15, 0.2) is 18.2 Å². The van der Waals surface area contributed by atoms with Gasteiger partial charge in [0.2, 0.25) is 5.91 Å². The number of hydrogen-bond donors (Lipinski definition) is 3. The van der Waals surface area contributed by atoms with E-state index in [0.29, 0.717) is 18.0 Å². The summed E-state index contributed by atoms with van der Waals surface area (Å²) in [5.74, 6) is 0.358. The Morgan fingerprint density at radius 2 is 2.10 bits per heavy atom. The number of carbonyl (C=O) groups excluding carboxylic acids is 2. The predicted molar refractivity (Wildman–Crippen MR) is 79.7 cm³/mol. The van der Waals surface area contributed by atoms with E-state index in [0.717, 1.165) is 18.4 Å². The van der Waals surface area contributed by atoms with Crippen molar-refractivity contribution in [1.82, 2.24) is 10.8 Å². The van der Waals surface area contributed by atoms with Crippen LogP contribution in [0.4, 0.5) is 10.5 Å². The smallest absolute Gasteiger partial charge is 0.318 e. The Morgan fingerprint density at radius 3 is 2.71 bits per heavy atom. The number of hydroxylamine groups is 1. The molecule has 114 valence electrons. The van der Waals surface area contributed by atoms with Gasteiger partial charge >= 0.3 is 6.03 Å². The van der Waals surface area contributed by atoms with E-state index in [2.05, 4.69) is 16.1 Å². The maximum absolute atomic E-state index is 11.5. The molecule has 1 fully saturated rings. The van der Waals surface area contributed by atoms with Crippen LogP contribution in [0, 0.1) is 0 Å². The summed E-state index contributed by atoms with van der Waals surface area (Å²) in [4.78, 5) is 28.0. The lowest BCUT2D eigenvalue weighted by Crippen LogP contribution is -2.26. The highest BCUT2D eigenvalue weighted by Crippen LogP contribution is 2.43. The lowest BCUT2D eigenvalue weighted by atomic mass is 10.0. The molecule has 2 rings (SSSR count). The molecule has 0 bridgehead atoms. The highest BCUT2D eigenvalue weighted by Gasteiger charge is 2.27. The summed E-state index contributed by atoms with van der Waals surface area (Å²) in [6.07, 6.45) is 2.67. The minimum absolute atomic E-state index is 0.167. The lowest BCUT2D eigenvalue weighted by Gasteiger charge is -2.15. The molecule has 0 aromatic heterocycles. The third-order valence-electron chi connectivity index (χ3n) is 3.43. The van der Waals surface area contributed by atoms with Crippen molar-refractivity contribution in [3.8, 4) is 0 Å². The largest absolute Gasteiger partial charge is 0.341 e. The summed E-state index contributed by atoms with van der Waals surface area (Å²) >= 11 is 0. The molecule has 6 heteroatoms. The second kappa shape index (κ2) is 7.08. The van der Waals surface area contributed by atoms with Crippen LogP contribution >= 0.6 is 0 Å². The Morgan fingerprint density at radius 1 is 1.33 bits per heavy atom. The van der Waals surface area contributed by atoms with Gasteiger partial charge in [0.15, 0.2) is 0 Å². The quantitative estimate of drug-likeness (QED) is 0.703. The van der Waals surface area contributed by atoms with Crippen LogP contribution in [-0.2, 0) is 16.2 Å². The van der Waals surface area contributed by atoms with Crippen LogP contribution in [0.5, 0.6) is 0 Å². The van der Waals surface area contributed by atoms with Gasteiger partial charge in [-0.05, 0) is 30.4 Å². The molecule has 0 aliphatic heterocycles. The number of carbonyl (C=O) groups is 2. The molecular weight excluding hydrogens is 270 g/mol. The normalized spacial score (nSPS) is 13.6. The number of nitrogens with one attached hydrogen (secondary N) is 3. The lowest BCUT2D eigenvalue weighted by molar-refractivity contribution is -0.134. The maximum Gasteiger partial charge on any atom is 0.318 e. The summed E-state index contributed by atoms with van der Waals surface area (Å²) in [5.41, 5.74) is 5.20. The van der Waals surface area contributed by atoms with Gasteiger partial charge in [-0.15, -0.1) is 0 Å². The van der Waals surface area contributed by atoms with E-state index in [1.807, 2.05) is 18.2 Å². The molecule has 1 aromatic carbocycles. The van der Waals surface area contributed by atoms with Crippen LogP contribution < -0.4 is 16.1 Å². The van der Waals surface area contributed by atoms with Gasteiger partial charge in [0.25, 0.3) is 0 Å². The first-order valence-corrected chi connectivity index (χ1v) is 7.16. The van der Waals surface area contributed by atoms with Gasteiger partial charge in [-0.25, -0.2) is 10.3 Å². The van der Waals surface area contributed by atoms with Gasteiger partial charge in [0.1, 0.15) is 6.61 Å². The van der Waals surface area contributed by atoms with Crippen LogP contribution in [-0.4, -0.2) is 19.0 Å². The van der Waals surface area contributed by atoms with Crippen molar-refractivity contribution in [3.05, 3.63) is 29.3 Å². The van der Waals surface area contributed by atoms with E-state index < -0.39 is 0 Å². The zero-order valence-corrected chi connectivity index (χ0v) is 12.4. The Balaban J connectivity index is 2.13. The fraction of sp³-hybridized carbons (Fsp3) is 0.467. The molecule has 3 N–H and O–H groups in total. The first kappa shape index (κ1) is 15.3. The van der Waals surface area contributed by atoms with Crippen molar-refractivity contribution in [2.24, 2.45) is 0 Å². The molecule has 21 heavy (non-hydrogen) atoms. The van der Waals surface area contributed by atoms with Crippen molar-refractivity contribution in [2.75, 3.05) is 12.4 Å². The van der Waals surface area contributed by atoms with E-state index in [9.17, 15) is 9.59 Å². The number of anilines is 1. The number of urea groups is 1. The van der Waals surface area contributed by atoms with E-state index >= 15 is 0 Å². The van der Waals surface area contributed by atoms with Crippen molar-refractivity contribution in [3.63, 3.8) is 0 Å². The van der Waals surface area contributed by atoms with Gasteiger partial charge in [-0.1, -0.05) is 19.1 Å². The average Bonchev–Trinajstić information content (AvgIpc) is 3.32. The third-order valence-corrected chi connectivity index (χ3v) is 3.43. The van der Waals surface area contributed by atoms with E-state index in [-0.39, 0.29) is 18.5 Å². The second-order valence-electron chi connectivity index (χ2n) is 5.02. The third kappa shape index (κ3) is 4.19. The summed E-state index contributed by atoms with van der Waals surface area (Å²) in [6.45, 7) is 1.99. The highest BCUT2D eigenvalue weighted by molar-refractivity contribution is 5.90. The van der Waals surface area contributed by atoms with Crippen molar-refractivity contribution >= 4 is 17.6 Å². The van der Waals surface area contributed by atoms with Crippen molar-refractivity contribution < 1.29 is 14.4 Å². The number of rotatable bonds is 6. The molecule has 0 saturated heterocycles. The Hall–Kier alpha value is -2.08. The molecular formula is C15H21N3O3. The van der Waals surface area contributed by atoms with Gasteiger partial charge in [0.05, 0.1) is 0 Å². The Labute approximate surface area is 124 Å². The SMILES string of the molecule is CCC(=O)NOCc1c(NC(=O)NC)cccc1C1CC1. The molecule has 6 nitrogen and oxygen atoms in total. The number of benzene rings is 1. The maximum atomic E-state index is 11.5. The fourth-order valence-electron chi connectivity index (χ4n) is 2.11. The number of hydrogen-bond acceptors (Lipinski definition) is 3. The molecule has 1 saturated carbocycles. The summed E-state index contributed by atoms with van der Waals surface area (Å²) in [6, 6.07) is 5.53. The Bertz CT molecular complexity index is 527. The molecule has 1 aliphatic carbocycles. The molecule has 0 unspecified atom stereocenters. The average molecular weight is 291 g/mol. The minimum Gasteiger partial charge on any atom is -0.341 e. The molecule has 3 amide bonds. The Kier molecular flexibility index (Phi) is 5.16. The summed E-state index contributed by atoms with van der Waals surface area (Å²) < 4.78 is 0. The zero-order valence-electron chi connectivity index (χ0n) is 12.4. The minimum atomic E-state index is -0.276. The molecule has 0 atom stereocenters. The number of amides is 3. The van der Waals surface area contributed by atoms with Crippen molar-refractivity contribution in [2.45, 2.75) is 38.7 Å². The first-order chi connectivity index (χ1) is 10.2. The molecule has 1 aromatic rings. The van der Waals surface area contributed by atoms with Gasteiger partial charge in [-0.3, -0.25) is 9.63 Å². The zero-order chi connectivity index (χ0) is 15.2. The fourth-order valence-corrected chi connectivity index (χ4v) is 2.11. The monoisotopic (exact) mass is 291 g/mol. The second-order valence-corrected chi connectivity index (χ2v) is 5.02. The van der Waals surface area contributed by atoms with Gasteiger partial charge in [0, 0.05) is 24.7 Å². The van der Waals surface area contributed by atoms with Crippen LogP contribution in [0.3, 0.4) is 0 Å². The molecule has 0 spiro atoms. The summed E-state index contributed by atoms with van der Waals surface area (Å²) in [5, 5.41) is 5.32. The standard InChI is InChI=1S/C15H21N3O3/c1-3-14(19)18-21-9-12-11(10-7-8-10)5-4-6-13(12)17-15(20)16-2/h4-6,10H,3,7-9H2,1-2H3,(H,18,19)(H2,16,17,20). The highest BCUT2D eigenvalue weighted by atomic mass is 16.6. The van der Waals surface area contributed by atoms with Crippen molar-refractivity contribution in [1.29, 1.82) is 0 Å². The first-order valence-electron chi connectivity index (χ1n) is 7.16. The van der Waals surface area contributed by atoms with Gasteiger partial charge in [-0.2, -0.15) is 0 Å². The molecule has 0 radical (unpaired) electrons. The van der Waals surface area contributed by atoms with Crippen LogP contribution in [0.25, 0.3) is 0 Å². The molecule has 1 aliphatic rings.